The molecule has 1 N–H and O–H groups in total. The maximum absolute atomic E-state index is 13.1. The van der Waals surface area contributed by atoms with Gasteiger partial charge in [0.1, 0.15) is 17.5 Å². The Labute approximate surface area is 106 Å². The Kier molecular flexibility index (Phi) is 3.87. The molecular formula is C14H16FN3. The van der Waals surface area contributed by atoms with Crippen molar-refractivity contribution in [1.82, 2.24) is 9.97 Å². The van der Waals surface area contributed by atoms with Crippen molar-refractivity contribution in [2.45, 2.75) is 20.3 Å². The molecule has 0 fully saturated rings. The summed E-state index contributed by atoms with van der Waals surface area (Å²) < 4.78 is 13.1. The van der Waals surface area contributed by atoms with Gasteiger partial charge >= 0.3 is 0 Å². The Bertz CT molecular complexity index is 540. The van der Waals surface area contributed by atoms with Crippen molar-refractivity contribution in [2.24, 2.45) is 0 Å². The lowest BCUT2D eigenvalue weighted by atomic mass is 10.1. The smallest absolute Gasteiger partial charge is 0.135 e. The minimum atomic E-state index is -0.230. The van der Waals surface area contributed by atoms with Gasteiger partial charge in [-0.2, -0.15) is 0 Å². The molecule has 0 bridgehead atoms. The highest BCUT2D eigenvalue weighted by molar-refractivity contribution is 5.36. The fourth-order valence-corrected chi connectivity index (χ4v) is 1.81. The first-order valence-corrected chi connectivity index (χ1v) is 6.00. The zero-order valence-corrected chi connectivity index (χ0v) is 10.6. The van der Waals surface area contributed by atoms with Gasteiger partial charge < -0.3 is 5.32 Å². The third-order valence-electron chi connectivity index (χ3n) is 2.51. The van der Waals surface area contributed by atoms with Gasteiger partial charge in [0, 0.05) is 24.7 Å². The molecule has 2 rings (SSSR count). The number of nitrogens with one attached hydrogen (secondary N) is 1. The molecule has 2 aromatic rings. The Hall–Kier alpha value is -1.97. The van der Waals surface area contributed by atoms with Crippen molar-refractivity contribution >= 4 is 5.82 Å². The molecule has 0 aliphatic rings. The maximum Gasteiger partial charge on any atom is 0.135 e. The van der Waals surface area contributed by atoms with Crippen LogP contribution in [0.5, 0.6) is 0 Å². The second-order valence-corrected chi connectivity index (χ2v) is 4.15. The second-order valence-electron chi connectivity index (χ2n) is 4.15. The summed E-state index contributed by atoms with van der Waals surface area (Å²) in [5.41, 5.74) is 1.79. The van der Waals surface area contributed by atoms with E-state index in [0.717, 1.165) is 23.6 Å². The second kappa shape index (κ2) is 5.58. The SMILES string of the molecule is CCNc1cc(C)nc(Cc2cccc(F)c2)n1. The highest BCUT2D eigenvalue weighted by Crippen LogP contribution is 2.11. The van der Waals surface area contributed by atoms with E-state index in [1.165, 1.54) is 12.1 Å². The lowest BCUT2D eigenvalue weighted by Gasteiger charge is -2.07. The van der Waals surface area contributed by atoms with Crippen LogP contribution in [0.1, 0.15) is 24.0 Å². The molecular weight excluding hydrogens is 229 g/mol. The van der Waals surface area contributed by atoms with E-state index in [4.69, 9.17) is 0 Å². The summed E-state index contributed by atoms with van der Waals surface area (Å²) >= 11 is 0. The number of aromatic nitrogens is 2. The molecule has 0 aliphatic carbocycles. The molecule has 0 unspecified atom stereocenters. The highest BCUT2D eigenvalue weighted by atomic mass is 19.1. The molecule has 1 heterocycles. The predicted molar refractivity (Wildman–Crippen MR) is 70.1 cm³/mol. The summed E-state index contributed by atoms with van der Waals surface area (Å²) in [4.78, 5) is 8.77. The van der Waals surface area contributed by atoms with Crippen molar-refractivity contribution in [3.8, 4) is 0 Å². The van der Waals surface area contributed by atoms with Crippen LogP contribution in [0.25, 0.3) is 0 Å². The summed E-state index contributed by atoms with van der Waals surface area (Å²) in [7, 11) is 0. The van der Waals surface area contributed by atoms with Crippen LogP contribution >= 0.6 is 0 Å². The zero-order chi connectivity index (χ0) is 13.0. The van der Waals surface area contributed by atoms with Gasteiger partial charge in [-0.1, -0.05) is 12.1 Å². The molecule has 0 atom stereocenters. The van der Waals surface area contributed by atoms with Gasteiger partial charge in [0.25, 0.3) is 0 Å². The predicted octanol–water partition coefficient (Wildman–Crippen LogP) is 2.95. The van der Waals surface area contributed by atoms with Crippen LogP contribution in [0.2, 0.25) is 0 Å². The fourth-order valence-electron chi connectivity index (χ4n) is 1.81. The van der Waals surface area contributed by atoms with Crippen LogP contribution in [0.15, 0.2) is 30.3 Å². The molecule has 0 aliphatic heterocycles. The topological polar surface area (TPSA) is 37.8 Å². The highest BCUT2D eigenvalue weighted by Gasteiger charge is 2.04. The third-order valence-corrected chi connectivity index (χ3v) is 2.51. The van der Waals surface area contributed by atoms with Gasteiger partial charge in [-0.15, -0.1) is 0 Å². The Morgan fingerprint density at radius 1 is 1.22 bits per heavy atom. The minimum absolute atomic E-state index is 0.230. The molecule has 3 nitrogen and oxygen atoms in total. The van der Waals surface area contributed by atoms with E-state index in [-0.39, 0.29) is 5.82 Å². The van der Waals surface area contributed by atoms with E-state index >= 15 is 0 Å². The molecule has 94 valence electrons. The summed E-state index contributed by atoms with van der Waals surface area (Å²) in [6.07, 6.45) is 0.540. The minimum Gasteiger partial charge on any atom is -0.370 e. The molecule has 18 heavy (non-hydrogen) atoms. The Morgan fingerprint density at radius 3 is 2.78 bits per heavy atom. The number of halogens is 1. The fraction of sp³-hybridized carbons (Fsp3) is 0.286. The Morgan fingerprint density at radius 2 is 2.06 bits per heavy atom. The van der Waals surface area contributed by atoms with Gasteiger partial charge in [-0.05, 0) is 31.5 Å². The van der Waals surface area contributed by atoms with Crippen LogP contribution in [0.3, 0.4) is 0 Å². The maximum atomic E-state index is 13.1. The van der Waals surface area contributed by atoms with Crippen LogP contribution in [0.4, 0.5) is 10.2 Å². The van der Waals surface area contributed by atoms with E-state index < -0.39 is 0 Å². The number of benzene rings is 1. The molecule has 0 saturated carbocycles. The van der Waals surface area contributed by atoms with Crippen LogP contribution in [-0.2, 0) is 6.42 Å². The molecule has 0 saturated heterocycles. The van der Waals surface area contributed by atoms with Crippen molar-refractivity contribution in [2.75, 3.05) is 11.9 Å². The average molecular weight is 245 g/mol. The van der Waals surface area contributed by atoms with E-state index in [9.17, 15) is 4.39 Å². The summed E-state index contributed by atoms with van der Waals surface area (Å²) in [5, 5.41) is 3.16. The Balaban J connectivity index is 2.23. The van der Waals surface area contributed by atoms with Crippen molar-refractivity contribution in [3.63, 3.8) is 0 Å². The van der Waals surface area contributed by atoms with E-state index in [1.54, 1.807) is 6.07 Å². The summed E-state index contributed by atoms with van der Waals surface area (Å²) in [6, 6.07) is 8.43. The number of hydrogen-bond acceptors (Lipinski definition) is 3. The lowest BCUT2D eigenvalue weighted by Crippen LogP contribution is -2.05. The van der Waals surface area contributed by atoms with Crippen molar-refractivity contribution < 1.29 is 4.39 Å². The molecule has 1 aromatic carbocycles. The molecule has 1 aromatic heterocycles. The molecule has 0 radical (unpaired) electrons. The number of aryl methyl sites for hydroxylation is 1. The number of nitrogens with zero attached hydrogens (tertiary/aromatic N) is 2. The molecule has 0 spiro atoms. The number of anilines is 1. The van der Waals surface area contributed by atoms with Crippen LogP contribution in [0, 0.1) is 12.7 Å². The van der Waals surface area contributed by atoms with Crippen LogP contribution < -0.4 is 5.32 Å². The van der Waals surface area contributed by atoms with E-state index in [0.29, 0.717) is 12.2 Å². The van der Waals surface area contributed by atoms with Gasteiger partial charge in [-0.3, -0.25) is 0 Å². The quantitative estimate of drug-likeness (QED) is 0.900. The van der Waals surface area contributed by atoms with Crippen molar-refractivity contribution in [3.05, 3.63) is 53.2 Å². The monoisotopic (exact) mass is 245 g/mol. The summed E-state index contributed by atoms with van der Waals surface area (Å²) in [5.74, 6) is 1.29. The van der Waals surface area contributed by atoms with Gasteiger partial charge in [0.2, 0.25) is 0 Å². The first-order chi connectivity index (χ1) is 8.67. The first kappa shape index (κ1) is 12.5. The molecule has 0 amide bonds. The standard InChI is InChI=1S/C14H16FN3/c1-3-16-13-7-10(2)17-14(18-13)9-11-5-4-6-12(15)8-11/h4-8H,3,9H2,1-2H3,(H,16,17,18). The largest absolute Gasteiger partial charge is 0.370 e. The van der Waals surface area contributed by atoms with Gasteiger partial charge in [-0.25, -0.2) is 14.4 Å². The van der Waals surface area contributed by atoms with E-state index in [1.807, 2.05) is 26.0 Å². The number of rotatable bonds is 4. The number of hydrogen-bond donors (Lipinski definition) is 1. The molecule has 4 heteroatoms. The van der Waals surface area contributed by atoms with Crippen LogP contribution in [-0.4, -0.2) is 16.5 Å². The zero-order valence-electron chi connectivity index (χ0n) is 10.6. The first-order valence-electron chi connectivity index (χ1n) is 6.00. The van der Waals surface area contributed by atoms with Crippen molar-refractivity contribution in [1.29, 1.82) is 0 Å². The normalized spacial score (nSPS) is 10.4. The van der Waals surface area contributed by atoms with E-state index in [2.05, 4.69) is 15.3 Å². The van der Waals surface area contributed by atoms with Gasteiger partial charge in [0.05, 0.1) is 0 Å². The average Bonchev–Trinajstić information content (AvgIpc) is 2.28. The van der Waals surface area contributed by atoms with Gasteiger partial charge in [0.15, 0.2) is 0 Å². The third kappa shape index (κ3) is 3.26. The lowest BCUT2D eigenvalue weighted by molar-refractivity contribution is 0.625. The summed E-state index contributed by atoms with van der Waals surface area (Å²) in [6.45, 7) is 4.76.